The number of urea groups is 1. The lowest BCUT2D eigenvalue weighted by molar-refractivity contribution is 0.252. The lowest BCUT2D eigenvalue weighted by atomic mass is 10.3. The molecule has 1 N–H and O–H groups in total. The number of anilines is 1. The second kappa shape index (κ2) is 4.61. The van der Waals surface area contributed by atoms with Crippen LogP contribution in [-0.2, 0) is 9.84 Å². The molecule has 0 radical (unpaired) electrons. The molecule has 1 aromatic rings. The number of rotatable bonds is 3. The maximum Gasteiger partial charge on any atom is 0.321 e. The monoisotopic (exact) mass is 268 g/mol. The van der Waals surface area contributed by atoms with Gasteiger partial charge in [0.2, 0.25) is 0 Å². The van der Waals surface area contributed by atoms with Crippen molar-refractivity contribution in [3.63, 3.8) is 0 Å². The van der Waals surface area contributed by atoms with Crippen molar-refractivity contribution in [2.24, 2.45) is 0 Å². The van der Waals surface area contributed by atoms with E-state index in [0.29, 0.717) is 23.7 Å². The minimum atomic E-state index is -3.25. The molecule has 0 atom stereocenters. The first kappa shape index (κ1) is 12.9. The molecule has 6 heteroatoms. The van der Waals surface area contributed by atoms with E-state index < -0.39 is 15.1 Å². The number of nitrogens with zero attached hydrogens (tertiary/aromatic N) is 1. The second-order valence-electron chi connectivity index (χ2n) is 4.47. The predicted octanol–water partition coefficient (Wildman–Crippen LogP) is 1.40. The fraction of sp³-hybridized carbons (Fsp3) is 0.417. The van der Waals surface area contributed by atoms with Gasteiger partial charge in [-0.15, -0.1) is 0 Å². The summed E-state index contributed by atoms with van der Waals surface area (Å²) in [6, 6.07) is 6.29. The van der Waals surface area contributed by atoms with Gasteiger partial charge in [0, 0.05) is 18.8 Å². The molecule has 98 valence electrons. The molecule has 0 spiro atoms. The van der Waals surface area contributed by atoms with Crippen molar-refractivity contribution in [3.05, 3.63) is 24.3 Å². The smallest absolute Gasteiger partial charge is 0.321 e. The zero-order valence-corrected chi connectivity index (χ0v) is 11.2. The number of hydrogen-bond acceptors (Lipinski definition) is 3. The quantitative estimate of drug-likeness (QED) is 0.901. The Balaban J connectivity index is 2.28. The molecule has 0 unspecified atom stereocenters. The molecule has 0 aromatic heterocycles. The topological polar surface area (TPSA) is 66.5 Å². The highest BCUT2D eigenvalue weighted by Crippen LogP contribution is 2.21. The van der Waals surface area contributed by atoms with Crippen LogP contribution in [0.4, 0.5) is 10.5 Å². The highest BCUT2D eigenvalue weighted by Gasteiger charge is 2.23. The van der Waals surface area contributed by atoms with Crippen molar-refractivity contribution in [2.75, 3.05) is 18.0 Å². The maximum atomic E-state index is 11.9. The van der Waals surface area contributed by atoms with Crippen molar-refractivity contribution >= 4 is 21.6 Å². The minimum Gasteiger partial charge on any atom is -0.336 e. The van der Waals surface area contributed by atoms with Gasteiger partial charge in [0.1, 0.15) is 0 Å². The van der Waals surface area contributed by atoms with Gasteiger partial charge in [-0.05, 0) is 38.1 Å². The van der Waals surface area contributed by atoms with E-state index in [9.17, 15) is 13.2 Å². The summed E-state index contributed by atoms with van der Waals surface area (Å²) < 4.78 is 23.9. The molecule has 2 rings (SSSR count). The number of sulfone groups is 1. The summed E-state index contributed by atoms with van der Waals surface area (Å²) >= 11 is 0. The average Bonchev–Trinajstić information content (AvgIpc) is 2.75. The van der Waals surface area contributed by atoms with E-state index in [1.807, 2.05) is 0 Å². The summed E-state index contributed by atoms with van der Waals surface area (Å²) in [6.07, 6.45) is 0. The summed E-state index contributed by atoms with van der Waals surface area (Å²) in [5, 5.41) is 2.25. The lowest BCUT2D eigenvalue weighted by Gasteiger charge is -2.15. The van der Waals surface area contributed by atoms with Gasteiger partial charge >= 0.3 is 6.03 Å². The fourth-order valence-corrected chi connectivity index (χ4v) is 2.87. The van der Waals surface area contributed by atoms with Crippen LogP contribution in [0.25, 0.3) is 0 Å². The van der Waals surface area contributed by atoms with Gasteiger partial charge in [0.15, 0.2) is 9.84 Å². The third kappa shape index (κ3) is 2.20. The summed E-state index contributed by atoms with van der Waals surface area (Å²) in [5.41, 5.74) is 0.715. The minimum absolute atomic E-state index is 0.144. The Bertz CT molecular complexity index is 549. The first-order chi connectivity index (χ1) is 8.43. The summed E-state index contributed by atoms with van der Waals surface area (Å²) in [5.74, 6) is 0. The van der Waals surface area contributed by atoms with Crippen LogP contribution in [0.2, 0.25) is 0 Å². The van der Waals surface area contributed by atoms with Crippen LogP contribution in [0, 0.1) is 0 Å². The fourth-order valence-electron chi connectivity index (χ4n) is 1.81. The molecule has 1 fully saturated rings. The lowest BCUT2D eigenvalue weighted by Crippen LogP contribution is -2.27. The number of carbonyl (C=O) groups is 1. The van der Waals surface area contributed by atoms with Crippen molar-refractivity contribution in [1.82, 2.24) is 5.32 Å². The van der Waals surface area contributed by atoms with Crippen LogP contribution >= 0.6 is 0 Å². The molecule has 1 aromatic carbocycles. The third-order valence-electron chi connectivity index (χ3n) is 2.95. The predicted molar refractivity (Wildman–Crippen MR) is 69.5 cm³/mol. The van der Waals surface area contributed by atoms with E-state index in [1.165, 1.54) is 0 Å². The van der Waals surface area contributed by atoms with Crippen molar-refractivity contribution in [3.8, 4) is 0 Å². The van der Waals surface area contributed by atoms with Crippen LogP contribution in [0.15, 0.2) is 29.2 Å². The van der Waals surface area contributed by atoms with Gasteiger partial charge < -0.3 is 5.32 Å². The Morgan fingerprint density at radius 1 is 1.22 bits per heavy atom. The van der Waals surface area contributed by atoms with Gasteiger partial charge in [-0.1, -0.05) is 0 Å². The summed E-state index contributed by atoms with van der Waals surface area (Å²) in [4.78, 5) is 13.3. The molecule has 1 aliphatic heterocycles. The number of hydrogen-bond donors (Lipinski definition) is 1. The van der Waals surface area contributed by atoms with E-state index in [0.717, 1.165) is 0 Å². The van der Waals surface area contributed by atoms with Crippen molar-refractivity contribution in [1.29, 1.82) is 0 Å². The first-order valence-electron chi connectivity index (χ1n) is 5.82. The van der Waals surface area contributed by atoms with Crippen molar-refractivity contribution < 1.29 is 13.2 Å². The van der Waals surface area contributed by atoms with Crippen LogP contribution in [0.1, 0.15) is 13.8 Å². The molecular formula is C12H16N2O3S. The zero-order chi connectivity index (χ0) is 13.3. The van der Waals surface area contributed by atoms with Gasteiger partial charge in [-0.2, -0.15) is 0 Å². The molecule has 1 aliphatic rings. The van der Waals surface area contributed by atoms with Crippen LogP contribution in [0.3, 0.4) is 0 Å². The largest absolute Gasteiger partial charge is 0.336 e. The summed E-state index contributed by atoms with van der Waals surface area (Å²) in [6.45, 7) is 4.52. The van der Waals surface area contributed by atoms with Crippen LogP contribution < -0.4 is 10.2 Å². The van der Waals surface area contributed by atoms with Gasteiger partial charge in [0.05, 0.1) is 10.1 Å². The van der Waals surface area contributed by atoms with E-state index in [-0.39, 0.29) is 6.03 Å². The van der Waals surface area contributed by atoms with E-state index in [4.69, 9.17) is 0 Å². The highest BCUT2D eigenvalue weighted by molar-refractivity contribution is 7.92. The Morgan fingerprint density at radius 3 is 2.28 bits per heavy atom. The molecular weight excluding hydrogens is 252 g/mol. The van der Waals surface area contributed by atoms with E-state index in [2.05, 4.69) is 5.32 Å². The molecule has 0 saturated carbocycles. The Morgan fingerprint density at radius 2 is 1.83 bits per heavy atom. The Labute approximate surface area is 107 Å². The number of benzene rings is 1. The number of nitrogens with one attached hydrogen (secondary N) is 1. The van der Waals surface area contributed by atoms with Gasteiger partial charge in [-0.25, -0.2) is 13.2 Å². The van der Waals surface area contributed by atoms with Crippen molar-refractivity contribution in [2.45, 2.75) is 24.0 Å². The zero-order valence-electron chi connectivity index (χ0n) is 10.4. The number of carbonyl (C=O) groups excluding carboxylic acids is 1. The molecule has 0 bridgehead atoms. The SMILES string of the molecule is CC(C)S(=O)(=O)c1ccc(N2CCNC2=O)cc1. The molecule has 5 nitrogen and oxygen atoms in total. The second-order valence-corrected chi connectivity index (χ2v) is 6.98. The molecule has 2 amide bonds. The molecule has 1 saturated heterocycles. The third-order valence-corrected chi connectivity index (χ3v) is 5.12. The van der Waals surface area contributed by atoms with Gasteiger partial charge in [0.25, 0.3) is 0 Å². The first-order valence-corrected chi connectivity index (χ1v) is 7.37. The maximum absolute atomic E-state index is 11.9. The molecule has 0 aliphatic carbocycles. The molecule has 1 heterocycles. The van der Waals surface area contributed by atoms with E-state index in [1.54, 1.807) is 43.0 Å². The van der Waals surface area contributed by atoms with Gasteiger partial charge in [-0.3, -0.25) is 4.90 Å². The molecule has 18 heavy (non-hydrogen) atoms. The number of amides is 2. The standard InChI is InChI=1S/C12H16N2O3S/c1-9(2)18(16,17)11-5-3-10(4-6-11)14-8-7-13-12(14)15/h3-6,9H,7-8H2,1-2H3,(H,13,15). The Hall–Kier alpha value is -1.56. The Kier molecular flexibility index (Phi) is 3.30. The van der Waals surface area contributed by atoms with Crippen LogP contribution in [-0.4, -0.2) is 32.8 Å². The van der Waals surface area contributed by atoms with Crippen LogP contribution in [0.5, 0.6) is 0 Å². The normalized spacial score (nSPS) is 16.2. The van der Waals surface area contributed by atoms with E-state index >= 15 is 0 Å². The summed E-state index contributed by atoms with van der Waals surface area (Å²) in [7, 11) is -3.25. The highest BCUT2D eigenvalue weighted by atomic mass is 32.2. The average molecular weight is 268 g/mol.